The quantitative estimate of drug-likeness (QED) is 0.786. The number of nitrogens with zero attached hydrogens (tertiary/aromatic N) is 5. The van der Waals surface area contributed by atoms with Crippen LogP contribution in [0.2, 0.25) is 0 Å². The molecule has 0 radical (unpaired) electrons. The van der Waals surface area contributed by atoms with Crippen LogP contribution >= 0.6 is 0 Å². The lowest BCUT2D eigenvalue weighted by Gasteiger charge is -2.15. The van der Waals surface area contributed by atoms with E-state index in [-0.39, 0.29) is 18.3 Å². The Hall–Kier alpha value is -2.22. The molecule has 0 aromatic carbocycles. The minimum absolute atomic E-state index is 0.0875. The molecule has 3 rings (SSSR count). The summed E-state index contributed by atoms with van der Waals surface area (Å²) in [5.41, 5.74) is 2.03. The van der Waals surface area contributed by atoms with Crippen molar-refractivity contribution < 1.29 is 9.90 Å². The van der Waals surface area contributed by atoms with E-state index in [4.69, 9.17) is 5.11 Å². The zero-order valence-electron chi connectivity index (χ0n) is 13.2. The second-order valence-electron chi connectivity index (χ2n) is 6.25. The first-order valence-corrected chi connectivity index (χ1v) is 7.90. The number of carboxylic acid groups (broad SMARTS) is 1. The summed E-state index contributed by atoms with van der Waals surface area (Å²) in [6.07, 6.45) is 6.77. The molecule has 2 aromatic heterocycles. The molecular weight excluding hydrogens is 296 g/mol. The number of aryl methyl sites for hydroxylation is 2. The minimum atomic E-state index is -0.752. The summed E-state index contributed by atoms with van der Waals surface area (Å²) in [5.74, 6) is -0.529. The molecule has 2 atom stereocenters. The molecule has 0 bridgehead atoms. The summed E-state index contributed by atoms with van der Waals surface area (Å²) >= 11 is 0. The maximum Gasteiger partial charge on any atom is 0.303 e. The monoisotopic (exact) mass is 318 g/mol. The fraction of sp³-hybridized carbons (Fsp3) is 0.600. The van der Waals surface area contributed by atoms with Gasteiger partial charge in [0.25, 0.3) is 0 Å². The van der Waals surface area contributed by atoms with Gasteiger partial charge in [0.2, 0.25) is 0 Å². The number of carboxylic acids is 1. The van der Waals surface area contributed by atoms with Crippen LogP contribution in [0.4, 0.5) is 0 Å². The Bertz CT molecular complexity index is 638. The van der Waals surface area contributed by atoms with Gasteiger partial charge in [-0.2, -0.15) is 20.5 Å². The van der Waals surface area contributed by atoms with Crippen molar-refractivity contribution in [1.29, 1.82) is 0 Å². The fourth-order valence-electron chi connectivity index (χ4n) is 3.34. The highest BCUT2D eigenvalue weighted by Crippen LogP contribution is 2.33. The van der Waals surface area contributed by atoms with Gasteiger partial charge in [-0.25, -0.2) is 0 Å². The second kappa shape index (κ2) is 6.91. The Kier molecular flexibility index (Phi) is 4.71. The fourth-order valence-corrected chi connectivity index (χ4v) is 3.34. The average molecular weight is 318 g/mol. The third kappa shape index (κ3) is 3.95. The summed E-state index contributed by atoms with van der Waals surface area (Å²) in [4.78, 5) is 13.4. The number of hydrogen-bond donors (Lipinski definition) is 2. The smallest absolute Gasteiger partial charge is 0.303 e. The van der Waals surface area contributed by atoms with Gasteiger partial charge in [-0.1, -0.05) is 0 Å². The van der Waals surface area contributed by atoms with Crippen molar-refractivity contribution >= 4 is 5.97 Å². The summed E-state index contributed by atoms with van der Waals surface area (Å²) < 4.78 is 1.95. The number of aromatic amines is 1. The van der Waals surface area contributed by atoms with Crippen LogP contribution in [0, 0.1) is 12.8 Å². The molecule has 1 saturated heterocycles. The molecule has 2 aromatic rings. The van der Waals surface area contributed by atoms with Crippen molar-refractivity contribution in [2.75, 3.05) is 19.6 Å². The number of H-pyrrole nitrogens is 1. The number of rotatable bonds is 7. The van der Waals surface area contributed by atoms with Gasteiger partial charge in [0, 0.05) is 31.7 Å². The van der Waals surface area contributed by atoms with Gasteiger partial charge in [0.1, 0.15) is 0 Å². The average Bonchev–Trinajstić information content (AvgIpc) is 3.20. The molecule has 23 heavy (non-hydrogen) atoms. The molecule has 8 nitrogen and oxygen atoms in total. The van der Waals surface area contributed by atoms with Crippen LogP contribution in [0.25, 0.3) is 0 Å². The maximum atomic E-state index is 11.1. The second-order valence-corrected chi connectivity index (χ2v) is 6.25. The van der Waals surface area contributed by atoms with Gasteiger partial charge in [-0.15, -0.1) is 0 Å². The number of nitrogens with one attached hydrogen (secondary N) is 1. The Morgan fingerprint density at radius 1 is 1.39 bits per heavy atom. The number of hydrogen-bond acceptors (Lipinski definition) is 5. The SMILES string of the molecule is Cc1cnn(CCCN2C[C@@H](CC(=O)O)[C@@H](c3cn[nH]n3)C2)c1. The summed E-state index contributed by atoms with van der Waals surface area (Å²) in [6.45, 7) is 5.47. The van der Waals surface area contributed by atoms with E-state index in [2.05, 4.69) is 25.4 Å². The highest BCUT2D eigenvalue weighted by atomic mass is 16.4. The third-order valence-corrected chi connectivity index (χ3v) is 4.39. The van der Waals surface area contributed by atoms with E-state index in [1.54, 1.807) is 6.20 Å². The standard InChI is InChI=1S/C15H22N6O2/c1-11-6-17-21(8-11)4-2-3-20-9-12(5-15(22)23)13(10-20)14-7-16-19-18-14/h6-8,12-13H,2-5,9-10H2,1H3,(H,22,23)(H,16,18,19)/t12-,13+/m1/s1. The van der Waals surface area contributed by atoms with E-state index < -0.39 is 5.97 Å². The minimum Gasteiger partial charge on any atom is -0.481 e. The molecule has 0 unspecified atom stereocenters. The summed E-state index contributed by atoms with van der Waals surface area (Å²) in [6, 6.07) is 0. The van der Waals surface area contributed by atoms with Gasteiger partial charge in [0.15, 0.2) is 0 Å². The lowest BCUT2D eigenvalue weighted by molar-refractivity contribution is -0.138. The van der Waals surface area contributed by atoms with Crippen LogP contribution in [0.15, 0.2) is 18.6 Å². The molecule has 0 spiro atoms. The Morgan fingerprint density at radius 2 is 2.26 bits per heavy atom. The van der Waals surface area contributed by atoms with Gasteiger partial charge in [-0.3, -0.25) is 9.48 Å². The first-order chi connectivity index (χ1) is 11.1. The molecule has 2 N–H and O–H groups in total. The largest absolute Gasteiger partial charge is 0.481 e. The number of carbonyl (C=O) groups is 1. The van der Waals surface area contributed by atoms with E-state index in [9.17, 15) is 4.79 Å². The first kappa shape index (κ1) is 15.7. The van der Waals surface area contributed by atoms with Gasteiger partial charge < -0.3 is 10.0 Å². The van der Waals surface area contributed by atoms with Crippen LogP contribution in [0.3, 0.4) is 0 Å². The van der Waals surface area contributed by atoms with Crippen molar-refractivity contribution in [3.8, 4) is 0 Å². The molecule has 1 fully saturated rings. The van der Waals surface area contributed by atoms with Crippen molar-refractivity contribution in [2.24, 2.45) is 5.92 Å². The summed E-state index contributed by atoms with van der Waals surface area (Å²) in [5, 5.41) is 24.0. The highest BCUT2D eigenvalue weighted by molar-refractivity contribution is 5.67. The third-order valence-electron chi connectivity index (χ3n) is 4.39. The van der Waals surface area contributed by atoms with Gasteiger partial charge in [0.05, 0.1) is 24.5 Å². The van der Waals surface area contributed by atoms with Crippen LogP contribution in [-0.2, 0) is 11.3 Å². The van der Waals surface area contributed by atoms with Crippen molar-refractivity contribution in [1.82, 2.24) is 30.1 Å². The molecule has 1 aliphatic rings. The Balaban J connectivity index is 1.55. The topological polar surface area (TPSA) is 99.9 Å². The zero-order valence-corrected chi connectivity index (χ0v) is 13.2. The number of aliphatic carboxylic acids is 1. The van der Waals surface area contributed by atoms with Crippen molar-refractivity contribution in [3.05, 3.63) is 29.8 Å². The zero-order chi connectivity index (χ0) is 16.2. The van der Waals surface area contributed by atoms with E-state index in [0.717, 1.165) is 38.3 Å². The maximum absolute atomic E-state index is 11.1. The van der Waals surface area contributed by atoms with Crippen LogP contribution in [0.5, 0.6) is 0 Å². The molecule has 8 heteroatoms. The van der Waals surface area contributed by atoms with E-state index >= 15 is 0 Å². The van der Waals surface area contributed by atoms with E-state index in [1.807, 2.05) is 24.0 Å². The lowest BCUT2D eigenvalue weighted by Crippen LogP contribution is -2.23. The molecule has 0 aliphatic carbocycles. The molecule has 124 valence electrons. The first-order valence-electron chi connectivity index (χ1n) is 7.90. The summed E-state index contributed by atoms with van der Waals surface area (Å²) in [7, 11) is 0. The Morgan fingerprint density at radius 3 is 2.91 bits per heavy atom. The van der Waals surface area contributed by atoms with Gasteiger partial charge in [-0.05, 0) is 31.4 Å². The molecule has 0 saturated carbocycles. The highest BCUT2D eigenvalue weighted by Gasteiger charge is 2.36. The molecule has 1 aliphatic heterocycles. The molecule has 0 amide bonds. The van der Waals surface area contributed by atoms with Crippen LogP contribution < -0.4 is 0 Å². The van der Waals surface area contributed by atoms with Crippen molar-refractivity contribution in [2.45, 2.75) is 32.2 Å². The van der Waals surface area contributed by atoms with E-state index in [1.165, 1.54) is 5.56 Å². The van der Waals surface area contributed by atoms with Crippen LogP contribution in [0.1, 0.15) is 30.0 Å². The molecule has 3 heterocycles. The normalized spacial score (nSPS) is 21.8. The Labute approximate surface area is 134 Å². The number of aromatic nitrogens is 5. The number of likely N-dealkylation sites (tertiary alicyclic amines) is 1. The van der Waals surface area contributed by atoms with Crippen molar-refractivity contribution in [3.63, 3.8) is 0 Å². The lowest BCUT2D eigenvalue weighted by atomic mass is 9.91. The predicted molar refractivity (Wildman–Crippen MR) is 82.9 cm³/mol. The van der Waals surface area contributed by atoms with Gasteiger partial charge >= 0.3 is 5.97 Å². The predicted octanol–water partition coefficient (Wildman–Crippen LogP) is 0.890. The van der Waals surface area contributed by atoms with Crippen LogP contribution in [-0.4, -0.2) is 60.8 Å². The molecular formula is C15H22N6O2. The van der Waals surface area contributed by atoms with E-state index in [0.29, 0.717) is 0 Å².